The number of methoxy groups -OCH3 is 1. The first-order valence-electron chi connectivity index (χ1n) is 6.17. The van der Waals surface area contributed by atoms with Crippen LogP contribution in [-0.4, -0.2) is 26.5 Å². The van der Waals surface area contributed by atoms with Gasteiger partial charge in [0, 0.05) is 25.3 Å². The Morgan fingerprint density at radius 2 is 2.18 bits per heavy atom. The second-order valence-corrected chi connectivity index (χ2v) is 4.78. The third-order valence-electron chi connectivity index (χ3n) is 2.98. The molecular weight excluding hydrogens is 230 g/mol. The van der Waals surface area contributed by atoms with Crippen LogP contribution in [0.25, 0.3) is 0 Å². The number of thiol groups is 1. The van der Waals surface area contributed by atoms with E-state index in [1.165, 1.54) is 18.5 Å². The van der Waals surface area contributed by atoms with Gasteiger partial charge in [-0.1, -0.05) is 19.4 Å². The Bertz CT molecular complexity index is 330. The van der Waals surface area contributed by atoms with Gasteiger partial charge in [0.05, 0.1) is 7.11 Å². The van der Waals surface area contributed by atoms with Gasteiger partial charge in [-0.15, -0.1) is 0 Å². The Balaban J connectivity index is 2.64. The summed E-state index contributed by atoms with van der Waals surface area (Å²) < 4.78 is 5.24. The number of benzene rings is 1. The summed E-state index contributed by atoms with van der Waals surface area (Å²) in [6.45, 7) is 3.27. The van der Waals surface area contributed by atoms with Gasteiger partial charge in [0.15, 0.2) is 0 Å². The van der Waals surface area contributed by atoms with Gasteiger partial charge in [0.25, 0.3) is 0 Å². The summed E-state index contributed by atoms with van der Waals surface area (Å²) in [6.07, 6.45) is 2.45. The van der Waals surface area contributed by atoms with E-state index in [9.17, 15) is 0 Å². The molecule has 1 aromatic carbocycles. The summed E-state index contributed by atoms with van der Waals surface area (Å²) in [5.41, 5.74) is 1.20. The molecule has 0 fully saturated rings. The third-order valence-corrected chi connectivity index (χ3v) is 3.50. The molecule has 0 heterocycles. The number of nitrogens with zero attached hydrogens (tertiary/aromatic N) is 1. The third kappa shape index (κ3) is 4.50. The molecule has 0 aliphatic heterocycles. The van der Waals surface area contributed by atoms with Crippen LogP contribution in [0.1, 0.15) is 19.8 Å². The lowest BCUT2D eigenvalue weighted by molar-refractivity contribution is 0.414. The number of hydrogen-bond donors (Lipinski definition) is 1. The molecular formula is C14H23NOS. The van der Waals surface area contributed by atoms with Gasteiger partial charge in [-0.05, 0) is 30.2 Å². The highest BCUT2D eigenvalue weighted by Gasteiger charge is 2.10. The fourth-order valence-electron chi connectivity index (χ4n) is 1.99. The Labute approximate surface area is 110 Å². The Hall–Kier alpha value is -0.830. The number of hydrogen-bond acceptors (Lipinski definition) is 3. The number of anilines is 1. The zero-order chi connectivity index (χ0) is 12.7. The minimum atomic E-state index is 0.652. The van der Waals surface area contributed by atoms with Gasteiger partial charge >= 0.3 is 0 Å². The molecule has 0 spiro atoms. The molecule has 0 radical (unpaired) electrons. The monoisotopic (exact) mass is 253 g/mol. The molecule has 0 aromatic heterocycles. The molecule has 17 heavy (non-hydrogen) atoms. The van der Waals surface area contributed by atoms with E-state index >= 15 is 0 Å². The highest BCUT2D eigenvalue weighted by atomic mass is 32.1. The molecule has 96 valence electrons. The standard InChI is InChI=1S/C14H23NOS/c1-4-6-12(11-17)10-15(2)13-7-5-8-14(9-13)16-3/h5,7-9,12,17H,4,6,10-11H2,1-3H3. The molecule has 0 N–H and O–H groups in total. The molecule has 0 amide bonds. The van der Waals surface area contributed by atoms with Crippen LogP contribution in [0, 0.1) is 5.92 Å². The zero-order valence-corrected chi connectivity index (χ0v) is 11.9. The van der Waals surface area contributed by atoms with Crippen LogP contribution in [0.2, 0.25) is 0 Å². The van der Waals surface area contributed by atoms with Gasteiger partial charge in [0.2, 0.25) is 0 Å². The molecule has 1 atom stereocenters. The van der Waals surface area contributed by atoms with Crippen LogP contribution < -0.4 is 9.64 Å². The van der Waals surface area contributed by atoms with Crippen molar-refractivity contribution in [1.82, 2.24) is 0 Å². The zero-order valence-electron chi connectivity index (χ0n) is 11.0. The van der Waals surface area contributed by atoms with E-state index < -0.39 is 0 Å². The SMILES string of the molecule is CCCC(CS)CN(C)c1cccc(OC)c1. The minimum absolute atomic E-state index is 0.652. The molecule has 0 aliphatic rings. The number of rotatable bonds is 7. The summed E-state index contributed by atoms with van der Waals surface area (Å²) in [4.78, 5) is 2.28. The highest BCUT2D eigenvalue weighted by Crippen LogP contribution is 2.21. The number of ether oxygens (including phenoxy) is 1. The normalized spacial score (nSPS) is 12.2. The summed E-state index contributed by atoms with van der Waals surface area (Å²) in [6, 6.07) is 8.19. The van der Waals surface area contributed by atoms with E-state index in [1.54, 1.807) is 7.11 Å². The second kappa shape index (κ2) is 7.49. The molecule has 0 saturated heterocycles. The maximum Gasteiger partial charge on any atom is 0.120 e. The van der Waals surface area contributed by atoms with Crippen molar-refractivity contribution in [2.24, 2.45) is 5.92 Å². The molecule has 1 rings (SSSR count). The largest absolute Gasteiger partial charge is 0.497 e. The van der Waals surface area contributed by atoms with Gasteiger partial charge in [-0.25, -0.2) is 0 Å². The van der Waals surface area contributed by atoms with Gasteiger partial charge in [0.1, 0.15) is 5.75 Å². The van der Waals surface area contributed by atoms with Crippen LogP contribution in [0.3, 0.4) is 0 Å². The lowest BCUT2D eigenvalue weighted by Gasteiger charge is -2.25. The first-order chi connectivity index (χ1) is 8.21. The average molecular weight is 253 g/mol. The molecule has 3 heteroatoms. The van der Waals surface area contributed by atoms with Crippen molar-refractivity contribution in [2.45, 2.75) is 19.8 Å². The predicted octanol–water partition coefficient (Wildman–Crippen LogP) is 3.48. The van der Waals surface area contributed by atoms with E-state index in [0.29, 0.717) is 5.92 Å². The predicted molar refractivity (Wildman–Crippen MR) is 78.5 cm³/mol. The lowest BCUT2D eigenvalue weighted by Crippen LogP contribution is -2.26. The van der Waals surface area contributed by atoms with E-state index in [1.807, 2.05) is 12.1 Å². The van der Waals surface area contributed by atoms with Crippen molar-refractivity contribution in [3.8, 4) is 5.75 Å². The van der Waals surface area contributed by atoms with Crippen molar-refractivity contribution in [3.05, 3.63) is 24.3 Å². The first kappa shape index (κ1) is 14.2. The topological polar surface area (TPSA) is 12.5 Å². The molecule has 2 nitrogen and oxygen atoms in total. The molecule has 1 unspecified atom stereocenters. The smallest absolute Gasteiger partial charge is 0.120 e. The molecule has 0 aliphatic carbocycles. The first-order valence-corrected chi connectivity index (χ1v) is 6.80. The van der Waals surface area contributed by atoms with Crippen LogP contribution in [0.15, 0.2) is 24.3 Å². The van der Waals surface area contributed by atoms with E-state index in [0.717, 1.165) is 18.0 Å². The molecule has 1 aromatic rings. The Kier molecular flexibility index (Phi) is 6.27. The molecule has 0 saturated carbocycles. The second-order valence-electron chi connectivity index (χ2n) is 4.42. The maximum absolute atomic E-state index is 5.24. The van der Waals surface area contributed by atoms with Crippen molar-refractivity contribution in [2.75, 3.05) is 31.4 Å². The summed E-state index contributed by atoms with van der Waals surface area (Å²) in [5.74, 6) is 2.51. The maximum atomic E-state index is 5.24. The van der Waals surface area contributed by atoms with Crippen molar-refractivity contribution in [3.63, 3.8) is 0 Å². The van der Waals surface area contributed by atoms with Gasteiger partial charge < -0.3 is 9.64 Å². The van der Waals surface area contributed by atoms with Crippen LogP contribution >= 0.6 is 12.6 Å². The fourth-order valence-corrected chi connectivity index (χ4v) is 2.29. The Morgan fingerprint density at radius 1 is 1.41 bits per heavy atom. The lowest BCUT2D eigenvalue weighted by atomic mass is 10.1. The molecule has 0 bridgehead atoms. The van der Waals surface area contributed by atoms with E-state index in [-0.39, 0.29) is 0 Å². The van der Waals surface area contributed by atoms with Crippen molar-refractivity contribution < 1.29 is 4.74 Å². The van der Waals surface area contributed by atoms with Crippen molar-refractivity contribution in [1.29, 1.82) is 0 Å². The average Bonchev–Trinajstić information content (AvgIpc) is 2.38. The van der Waals surface area contributed by atoms with E-state index in [2.05, 4.69) is 43.6 Å². The minimum Gasteiger partial charge on any atom is -0.497 e. The van der Waals surface area contributed by atoms with Crippen molar-refractivity contribution >= 4 is 18.3 Å². The fraction of sp³-hybridized carbons (Fsp3) is 0.571. The van der Waals surface area contributed by atoms with E-state index in [4.69, 9.17) is 4.74 Å². The summed E-state index contributed by atoms with van der Waals surface area (Å²) >= 11 is 4.42. The van der Waals surface area contributed by atoms with Crippen LogP contribution in [0.4, 0.5) is 5.69 Å². The Morgan fingerprint density at radius 3 is 2.76 bits per heavy atom. The summed E-state index contributed by atoms with van der Waals surface area (Å²) in [7, 11) is 3.83. The van der Waals surface area contributed by atoms with Gasteiger partial charge in [-0.2, -0.15) is 12.6 Å². The van der Waals surface area contributed by atoms with Crippen LogP contribution in [-0.2, 0) is 0 Å². The quantitative estimate of drug-likeness (QED) is 0.747. The van der Waals surface area contributed by atoms with Crippen LogP contribution in [0.5, 0.6) is 5.75 Å². The van der Waals surface area contributed by atoms with Gasteiger partial charge in [-0.3, -0.25) is 0 Å². The summed E-state index contributed by atoms with van der Waals surface area (Å²) in [5, 5.41) is 0. The highest BCUT2D eigenvalue weighted by molar-refractivity contribution is 7.80.